The van der Waals surface area contributed by atoms with Crippen LogP contribution in [0.2, 0.25) is 5.02 Å². The lowest BCUT2D eigenvalue weighted by Gasteiger charge is -2.20. The van der Waals surface area contributed by atoms with E-state index in [-0.39, 0.29) is 0 Å². The van der Waals surface area contributed by atoms with E-state index in [1.807, 2.05) is 30.3 Å². The van der Waals surface area contributed by atoms with Crippen molar-refractivity contribution in [3.8, 4) is 11.5 Å². The predicted octanol–water partition coefficient (Wildman–Crippen LogP) is 2.85. The van der Waals surface area contributed by atoms with Gasteiger partial charge in [0.25, 0.3) is 0 Å². The van der Waals surface area contributed by atoms with Gasteiger partial charge in [-0.3, -0.25) is 9.98 Å². The number of nitrogens with one attached hydrogen (secondary N) is 2. The van der Waals surface area contributed by atoms with Gasteiger partial charge in [-0.25, -0.2) is 0 Å². The number of ether oxygens (including phenoxy) is 2. The molecule has 0 bridgehead atoms. The van der Waals surface area contributed by atoms with E-state index >= 15 is 0 Å². The summed E-state index contributed by atoms with van der Waals surface area (Å²) < 4.78 is 11.2. The molecule has 144 valence electrons. The Morgan fingerprint density at radius 1 is 1.19 bits per heavy atom. The molecular formula is C20H25ClN4O2. The van der Waals surface area contributed by atoms with Crippen LogP contribution in [0.15, 0.2) is 41.5 Å². The smallest absolute Gasteiger partial charge is 0.191 e. The standard InChI is InChI=1S/C20H25ClN4O2/c1-2-22-20(25-10-7-16-5-3-4-8-23-16)24-9-6-15-13-17(21)19-18(14-15)26-11-12-27-19/h3-5,8,13-14H,2,6-7,9-12H2,1H3,(H2,22,24,25). The number of hydrogen-bond donors (Lipinski definition) is 2. The summed E-state index contributed by atoms with van der Waals surface area (Å²) in [5, 5.41) is 7.22. The largest absolute Gasteiger partial charge is 0.486 e. The predicted molar refractivity (Wildman–Crippen MR) is 108 cm³/mol. The Kier molecular flexibility index (Phi) is 7.16. The second kappa shape index (κ2) is 10.0. The van der Waals surface area contributed by atoms with Crippen molar-refractivity contribution in [3.63, 3.8) is 0 Å². The number of benzene rings is 1. The highest BCUT2D eigenvalue weighted by Gasteiger charge is 2.16. The Bertz CT molecular complexity index is 768. The number of fused-ring (bicyclic) bond motifs is 1. The molecule has 0 aliphatic carbocycles. The van der Waals surface area contributed by atoms with Crippen LogP contribution in [0.3, 0.4) is 0 Å². The van der Waals surface area contributed by atoms with Gasteiger partial charge in [-0.2, -0.15) is 0 Å². The third-order valence-electron chi connectivity index (χ3n) is 4.07. The monoisotopic (exact) mass is 388 g/mol. The molecule has 1 aliphatic heterocycles. The van der Waals surface area contributed by atoms with Crippen LogP contribution < -0.4 is 20.1 Å². The fourth-order valence-corrected chi connectivity index (χ4v) is 3.09. The minimum atomic E-state index is 0.536. The highest BCUT2D eigenvalue weighted by Crippen LogP contribution is 2.38. The second-order valence-electron chi connectivity index (χ2n) is 6.11. The highest BCUT2D eigenvalue weighted by molar-refractivity contribution is 6.32. The third kappa shape index (κ3) is 5.76. The van der Waals surface area contributed by atoms with E-state index in [4.69, 9.17) is 21.1 Å². The fourth-order valence-electron chi connectivity index (χ4n) is 2.80. The summed E-state index contributed by atoms with van der Waals surface area (Å²) in [6.07, 6.45) is 3.43. The van der Waals surface area contributed by atoms with E-state index in [9.17, 15) is 0 Å². The number of rotatable bonds is 7. The van der Waals surface area contributed by atoms with Crippen molar-refractivity contribution in [2.75, 3.05) is 32.8 Å². The van der Waals surface area contributed by atoms with Crippen molar-refractivity contribution >= 4 is 17.6 Å². The first kappa shape index (κ1) is 19.3. The average Bonchev–Trinajstić information content (AvgIpc) is 2.69. The number of guanidine groups is 1. The molecule has 27 heavy (non-hydrogen) atoms. The minimum Gasteiger partial charge on any atom is -0.486 e. The zero-order valence-electron chi connectivity index (χ0n) is 15.5. The summed E-state index contributed by atoms with van der Waals surface area (Å²) in [7, 11) is 0. The first-order valence-electron chi connectivity index (χ1n) is 9.26. The van der Waals surface area contributed by atoms with Crippen LogP contribution in [0.25, 0.3) is 0 Å². The van der Waals surface area contributed by atoms with Gasteiger partial charge in [0.05, 0.1) is 5.02 Å². The molecule has 6 nitrogen and oxygen atoms in total. The summed E-state index contributed by atoms with van der Waals surface area (Å²) >= 11 is 6.30. The van der Waals surface area contributed by atoms with E-state index in [1.54, 1.807) is 6.20 Å². The van der Waals surface area contributed by atoms with Crippen molar-refractivity contribution in [1.82, 2.24) is 15.6 Å². The zero-order valence-corrected chi connectivity index (χ0v) is 16.3. The van der Waals surface area contributed by atoms with Crippen LogP contribution in [0.1, 0.15) is 18.2 Å². The van der Waals surface area contributed by atoms with Gasteiger partial charge in [-0.05, 0) is 43.2 Å². The Morgan fingerprint density at radius 2 is 2.07 bits per heavy atom. The van der Waals surface area contributed by atoms with Crippen LogP contribution in [0, 0.1) is 0 Å². The SMILES string of the molecule is CCNC(=NCCc1ccccn1)NCCc1cc(Cl)c2c(c1)OCCO2. The Hall–Kier alpha value is -2.47. The third-order valence-corrected chi connectivity index (χ3v) is 4.35. The van der Waals surface area contributed by atoms with E-state index in [2.05, 4.69) is 27.5 Å². The van der Waals surface area contributed by atoms with E-state index in [0.29, 0.717) is 30.5 Å². The lowest BCUT2D eigenvalue weighted by atomic mass is 10.1. The molecule has 2 N–H and O–H groups in total. The molecule has 7 heteroatoms. The molecule has 2 heterocycles. The molecule has 0 saturated carbocycles. The molecule has 0 fully saturated rings. The molecule has 0 unspecified atom stereocenters. The maximum absolute atomic E-state index is 6.30. The summed E-state index contributed by atoms with van der Waals surface area (Å²) in [4.78, 5) is 8.93. The van der Waals surface area contributed by atoms with Crippen LogP contribution in [0.5, 0.6) is 11.5 Å². The first-order valence-corrected chi connectivity index (χ1v) is 9.64. The summed E-state index contributed by atoms with van der Waals surface area (Å²) in [6.45, 7) is 5.38. The molecule has 0 saturated heterocycles. The highest BCUT2D eigenvalue weighted by atomic mass is 35.5. The van der Waals surface area contributed by atoms with Crippen LogP contribution in [-0.4, -0.2) is 43.8 Å². The first-order chi connectivity index (χ1) is 13.3. The van der Waals surface area contributed by atoms with Gasteiger partial charge in [0.1, 0.15) is 13.2 Å². The number of pyridine rings is 1. The summed E-state index contributed by atoms with van der Waals surface area (Å²) in [5.74, 6) is 2.17. The number of aliphatic imine (C=N–C) groups is 1. The maximum Gasteiger partial charge on any atom is 0.191 e. The van der Waals surface area contributed by atoms with Crippen molar-refractivity contribution in [2.45, 2.75) is 19.8 Å². The summed E-state index contributed by atoms with van der Waals surface area (Å²) in [5.41, 5.74) is 2.14. The van der Waals surface area contributed by atoms with Gasteiger partial charge < -0.3 is 20.1 Å². The zero-order chi connectivity index (χ0) is 18.9. The van der Waals surface area contributed by atoms with Crippen LogP contribution in [-0.2, 0) is 12.8 Å². The van der Waals surface area contributed by atoms with Crippen LogP contribution >= 0.6 is 11.6 Å². The van der Waals surface area contributed by atoms with Gasteiger partial charge in [0, 0.05) is 37.9 Å². The Morgan fingerprint density at radius 3 is 2.89 bits per heavy atom. The molecule has 0 atom stereocenters. The van der Waals surface area contributed by atoms with Crippen molar-refractivity contribution in [1.29, 1.82) is 0 Å². The number of hydrogen-bond acceptors (Lipinski definition) is 4. The fraction of sp³-hybridized carbons (Fsp3) is 0.400. The molecule has 2 aromatic rings. The molecule has 0 amide bonds. The number of aromatic nitrogens is 1. The number of halogens is 1. The van der Waals surface area contributed by atoms with Crippen molar-refractivity contribution in [2.24, 2.45) is 4.99 Å². The minimum absolute atomic E-state index is 0.536. The van der Waals surface area contributed by atoms with E-state index in [0.717, 1.165) is 48.9 Å². The quantitative estimate of drug-likeness (QED) is 0.564. The normalized spacial score (nSPS) is 13.3. The average molecular weight is 389 g/mol. The molecule has 3 rings (SSSR count). The summed E-state index contributed by atoms with van der Waals surface area (Å²) in [6, 6.07) is 9.85. The van der Waals surface area contributed by atoms with Crippen LogP contribution in [0.4, 0.5) is 0 Å². The van der Waals surface area contributed by atoms with Gasteiger partial charge in [0.2, 0.25) is 0 Å². The number of nitrogens with zero attached hydrogens (tertiary/aromatic N) is 2. The van der Waals surface area contributed by atoms with E-state index < -0.39 is 0 Å². The van der Waals surface area contributed by atoms with Crippen molar-refractivity contribution < 1.29 is 9.47 Å². The van der Waals surface area contributed by atoms with E-state index in [1.165, 1.54) is 0 Å². The van der Waals surface area contributed by atoms with Crippen molar-refractivity contribution in [3.05, 3.63) is 52.8 Å². The maximum atomic E-state index is 6.30. The molecule has 1 aromatic carbocycles. The molecule has 1 aliphatic rings. The second-order valence-corrected chi connectivity index (χ2v) is 6.52. The van der Waals surface area contributed by atoms with Gasteiger partial charge in [-0.1, -0.05) is 17.7 Å². The molecule has 1 aromatic heterocycles. The Labute approximate surface area is 165 Å². The van der Waals surface area contributed by atoms with Gasteiger partial charge in [-0.15, -0.1) is 0 Å². The lowest BCUT2D eigenvalue weighted by Crippen LogP contribution is -2.38. The molecule has 0 spiro atoms. The molecular weight excluding hydrogens is 364 g/mol. The topological polar surface area (TPSA) is 67.8 Å². The lowest BCUT2D eigenvalue weighted by molar-refractivity contribution is 0.171. The van der Waals surface area contributed by atoms with Gasteiger partial charge >= 0.3 is 0 Å². The molecule has 0 radical (unpaired) electrons. The van der Waals surface area contributed by atoms with Gasteiger partial charge in [0.15, 0.2) is 17.5 Å². The Balaban J connectivity index is 1.52.